The molecule has 3 heterocycles. The van der Waals surface area contributed by atoms with Crippen LogP contribution >= 0.6 is 11.6 Å². The molecular formula is C16H12ClN5O3. The van der Waals surface area contributed by atoms with Gasteiger partial charge in [-0.15, -0.1) is 5.10 Å². The van der Waals surface area contributed by atoms with Gasteiger partial charge in [-0.1, -0.05) is 11.6 Å². The van der Waals surface area contributed by atoms with Gasteiger partial charge in [0.25, 0.3) is 5.56 Å². The van der Waals surface area contributed by atoms with E-state index in [-0.39, 0.29) is 5.56 Å². The first-order valence-electron chi connectivity index (χ1n) is 7.56. The quantitative estimate of drug-likeness (QED) is 0.765. The van der Waals surface area contributed by atoms with Crippen LogP contribution in [0.25, 0.3) is 16.8 Å². The summed E-state index contributed by atoms with van der Waals surface area (Å²) in [4.78, 5) is 23.8. The van der Waals surface area contributed by atoms with E-state index in [0.29, 0.717) is 40.4 Å². The molecule has 2 aromatic heterocycles. The number of hydrogen-bond acceptors (Lipinski definition) is 5. The van der Waals surface area contributed by atoms with E-state index < -0.39 is 12.0 Å². The third-order valence-electron chi connectivity index (χ3n) is 4.28. The van der Waals surface area contributed by atoms with E-state index in [1.807, 2.05) is 6.07 Å². The highest BCUT2D eigenvalue weighted by molar-refractivity contribution is 6.31. The smallest absolute Gasteiger partial charge is 0.326 e. The number of benzene rings is 1. The first kappa shape index (κ1) is 15.5. The SMILES string of the molecule is O=C(O)C1CCc2cc(-c3cc(Cl)ccc3-n3cnnn3)cc(=O)n21. The molecule has 1 aliphatic heterocycles. The summed E-state index contributed by atoms with van der Waals surface area (Å²) < 4.78 is 2.82. The van der Waals surface area contributed by atoms with E-state index in [9.17, 15) is 14.7 Å². The van der Waals surface area contributed by atoms with Crippen LogP contribution < -0.4 is 5.56 Å². The molecule has 0 spiro atoms. The zero-order valence-corrected chi connectivity index (χ0v) is 13.6. The molecule has 25 heavy (non-hydrogen) atoms. The Balaban J connectivity index is 1.90. The van der Waals surface area contributed by atoms with Crippen molar-refractivity contribution < 1.29 is 9.90 Å². The van der Waals surface area contributed by atoms with Crippen molar-refractivity contribution in [2.24, 2.45) is 0 Å². The second-order valence-corrected chi connectivity index (χ2v) is 6.19. The van der Waals surface area contributed by atoms with E-state index >= 15 is 0 Å². The number of pyridine rings is 1. The number of carboxylic acids is 1. The Morgan fingerprint density at radius 1 is 1.28 bits per heavy atom. The number of tetrazole rings is 1. The van der Waals surface area contributed by atoms with Gasteiger partial charge in [0.1, 0.15) is 12.4 Å². The fourth-order valence-electron chi connectivity index (χ4n) is 3.20. The maximum atomic E-state index is 12.5. The summed E-state index contributed by atoms with van der Waals surface area (Å²) in [6.07, 6.45) is 2.39. The van der Waals surface area contributed by atoms with Crippen molar-refractivity contribution in [3.8, 4) is 16.8 Å². The van der Waals surface area contributed by atoms with E-state index in [1.54, 1.807) is 18.2 Å². The summed E-state index contributed by atoms with van der Waals surface area (Å²) in [5, 5.41) is 20.9. The van der Waals surface area contributed by atoms with Gasteiger partial charge in [-0.2, -0.15) is 4.68 Å². The van der Waals surface area contributed by atoms with Crippen LogP contribution in [0.15, 0.2) is 41.5 Å². The third kappa shape index (κ3) is 2.60. The first-order chi connectivity index (χ1) is 12.0. The number of hydrogen-bond donors (Lipinski definition) is 1. The lowest BCUT2D eigenvalue weighted by Crippen LogP contribution is -2.27. The lowest BCUT2D eigenvalue weighted by atomic mass is 10.0. The molecule has 0 aliphatic carbocycles. The van der Waals surface area contributed by atoms with E-state index in [4.69, 9.17) is 11.6 Å². The highest BCUT2D eigenvalue weighted by atomic mass is 35.5. The van der Waals surface area contributed by atoms with Gasteiger partial charge in [0, 0.05) is 22.3 Å². The number of aliphatic carboxylic acids is 1. The molecule has 1 N–H and O–H groups in total. The molecule has 1 unspecified atom stereocenters. The summed E-state index contributed by atoms with van der Waals surface area (Å²) in [5.41, 5.74) is 2.36. The highest BCUT2D eigenvalue weighted by Crippen LogP contribution is 2.32. The Morgan fingerprint density at radius 3 is 2.84 bits per heavy atom. The Bertz CT molecular complexity index is 1030. The van der Waals surface area contributed by atoms with Gasteiger partial charge in [0.2, 0.25) is 0 Å². The maximum Gasteiger partial charge on any atom is 0.326 e. The number of aryl methyl sites for hydroxylation is 1. The lowest BCUT2D eigenvalue weighted by Gasteiger charge is -2.13. The zero-order valence-electron chi connectivity index (χ0n) is 12.8. The number of aromatic nitrogens is 5. The molecule has 4 rings (SSSR count). The average molecular weight is 358 g/mol. The molecule has 1 atom stereocenters. The Morgan fingerprint density at radius 2 is 2.12 bits per heavy atom. The van der Waals surface area contributed by atoms with Gasteiger partial charge in [-0.25, -0.2) is 4.79 Å². The number of carbonyl (C=O) groups is 1. The van der Waals surface area contributed by atoms with Crippen LogP contribution in [-0.4, -0.2) is 35.9 Å². The number of fused-ring (bicyclic) bond motifs is 1. The second-order valence-electron chi connectivity index (χ2n) is 5.75. The van der Waals surface area contributed by atoms with Gasteiger partial charge < -0.3 is 5.11 Å². The Labute approximate surface area is 146 Å². The van der Waals surface area contributed by atoms with Crippen molar-refractivity contribution in [2.45, 2.75) is 18.9 Å². The molecule has 0 saturated heterocycles. The predicted molar refractivity (Wildman–Crippen MR) is 88.9 cm³/mol. The van der Waals surface area contributed by atoms with E-state index in [2.05, 4.69) is 15.5 Å². The molecule has 0 bridgehead atoms. The van der Waals surface area contributed by atoms with Crippen LogP contribution in [0.3, 0.4) is 0 Å². The molecule has 3 aromatic rings. The third-order valence-corrected chi connectivity index (χ3v) is 4.52. The van der Waals surface area contributed by atoms with Crippen LogP contribution in [0.4, 0.5) is 0 Å². The second kappa shape index (κ2) is 5.82. The minimum absolute atomic E-state index is 0.347. The van der Waals surface area contributed by atoms with Crippen molar-refractivity contribution >= 4 is 17.6 Å². The molecule has 0 fully saturated rings. The summed E-state index contributed by atoms with van der Waals surface area (Å²) >= 11 is 6.13. The summed E-state index contributed by atoms with van der Waals surface area (Å²) in [5.74, 6) is -0.995. The fraction of sp³-hybridized carbons (Fsp3) is 0.188. The average Bonchev–Trinajstić information content (AvgIpc) is 3.24. The van der Waals surface area contributed by atoms with Crippen molar-refractivity contribution in [3.63, 3.8) is 0 Å². The summed E-state index contributed by atoms with van der Waals surface area (Å²) in [6, 6.07) is 7.64. The monoisotopic (exact) mass is 357 g/mol. The number of halogens is 1. The van der Waals surface area contributed by atoms with Crippen molar-refractivity contribution in [2.75, 3.05) is 0 Å². The predicted octanol–water partition coefficient (Wildman–Crippen LogP) is 1.72. The van der Waals surface area contributed by atoms with Crippen LogP contribution in [0.2, 0.25) is 5.02 Å². The molecule has 8 nitrogen and oxygen atoms in total. The van der Waals surface area contributed by atoms with E-state index in [1.165, 1.54) is 21.6 Å². The molecule has 0 amide bonds. The van der Waals surface area contributed by atoms with Crippen molar-refractivity contribution in [3.05, 3.63) is 57.7 Å². The minimum atomic E-state index is -0.995. The Hall–Kier alpha value is -3.00. The van der Waals surface area contributed by atoms with Gasteiger partial charge in [0.15, 0.2) is 0 Å². The van der Waals surface area contributed by atoms with E-state index in [0.717, 1.165) is 0 Å². The number of rotatable bonds is 3. The Kier molecular flexibility index (Phi) is 3.61. The lowest BCUT2D eigenvalue weighted by molar-refractivity contribution is -0.140. The molecule has 1 aliphatic rings. The summed E-state index contributed by atoms with van der Waals surface area (Å²) in [6.45, 7) is 0. The van der Waals surface area contributed by atoms with Gasteiger partial charge >= 0.3 is 5.97 Å². The normalized spacial score (nSPS) is 16.0. The number of nitrogens with zero attached hydrogens (tertiary/aromatic N) is 5. The largest absolute Gasteiger partial charge is 0.480 e. The van der Waals surface area contributed by atoms with Gasteiger partial charge in [-0.05, 0) is 53.1 Å². The number of carboxylic acid groups (broad SMARTS) is 1. The van der Waals surface area contributed by atoms with Gasteiger partial charge in [0.05, 0.1) is 5.69 Å². The molecular weight excluding hydrogens is 346 g/mol. The zero-order chi connectivity index (χ0) is 17.6. The molecule has 0 saturated carbocycles. The molecule has 9 heteroatoms. The van der Waals surface area contributed by atoms with Crippen molar-refractivity contribution in [1.82, 2.24) is 24.8 Å². The first-order valence-corrected chi connectivity index (χ1v) is 7.94. The summed E-state index contributed by atoms with van der Waals surface area (Å²) in [7, 11) is 0. The van der Waals surface area contributed by atoms with Crippen LogP contribution in [0.1, 0.15) is 18.2 Å². The van der Waals surface area contributed by atoms with Crippen LogP contribution in [0, 0.1) is 0 Å². The minimum Gasteiger partial charge on any atom is -0.480 e. The maximum absolute atomic E-state index is 12.5. The highest BCUT2D eigenvalue weighted by Gasteiger charge is 2.29. The van der Waals surface area contributed by atoms with Gasteiger partial charge in [-0.3, -0.25) is 9.36 Å². The standard InChI is InChI=1S/C16H12ClN5O3/c17-10-1-3-13(21-8-18-19-20-21)12(7-10)9-5-11-2-4-14(16(24)25)22(11)15(23)6-9/h1,3,5-8,14H,2,4H2,(H,24,25). The molecule has 126 valence electrons. The fourth-order valence-corrected chi connectivity index (χ4v) is 3.37. The van der Waals surface area contributed by atoms with Crippen LogP contribution in [-0.2, 0) is 11.2 Å². The molecule has 1 aromatic carbocycles. The van der Waals surface area contributed by atoms with Crippen LogP contribution in [0.5, 0.6) is 0 Å². The topological polar surface area (TPSA) is 103 Å². The van der Waals surface area contributed by atoms with Crippen molar-refractivity contribution in [1.29, 1.82) is 0 Å². The molecule has 0 radical (unpaired) electrons.